The maximum atomic E-state index is 6.39. The van der Waals surface area contributed by atoms with Gasteiger partial charge in [-0.15, -0.1) is 0 Å². The van der Waals surface area contributed by atoms with Gasteiger partial charge in [-0.05, 0) is 63.3 Å². The number of hydrogen-bond acceptors (Lipinski definition) is 3. The molecule has 27 heavy (non-hydrogen) atoms. The molecule has 1 aliphatic rings. The fourth-order valence-corrected chi connectivity index (χ4v) is 4.19. The predicted molar refractivity (Wildman–Crippen MR) is 109 cm³/mol. The first kappa shape index (κ1) is 18.3. The number of hydrogen-bond donors (Lipinski definition) is 1. The van der Waals surface area contributed by atoms with Gasteiger partial charge in [-0.2, -0.15) is 10.2 Å². The van der Waals surface area contributed by atoms with Crippen LogP contribution in [0.15, 0.2) is 24.4 Å². The van der Waals surface area contributed by atoms with Gasteiger partial charge in [-0.3, -0.25) is 4.68 Å². The lowest BCUT2D eigenvalue weighted by Crippen LogP contribution is -2.25. The summed E-state index contributed by atoms with van der Waals surface area (Å²) in [6, 6.07) is 6.85. The second-order valence-electron chi connectivity index (χ2n) is 7.53. The van der Waals surface area contributed by atoms with E-state index in [9.17, 15) is 0 Å². The number of rotatable bonds is 4. The smallest absolute Gasteiger partial charge is 0.131 e. The molecular weight excluding hydrogens is 358 g/mol. The molecule has 0 unspecified atom stereocenters. The van der Waals surface area contributed by atoms with E-state index >= 15 is 0 Å². The Bertz CT molecular complexity index is 985. The van der Waals surface area contributed by atoms with Crippen molar-refractivity contribution in [2.45, 2.75) is 52.6 Å². The average Bonchev–Trinajstić information content (AvgIpc) is 3.18. The van der Waals surface area contributed by atoms with Crippen LogP contribution in [0, 0.1) is 20.8 Å². The molecule has 3 aromatic rings. The van der Waals surface area contributed by atoms with Crippen LogP contribution in [0.3, 0.4) is 0 Å². The first-order valence-corrected chi connectivity index (χ1v) is 9.89. The van der Waals surface area contributed by atoms with Crippen molar-refractivity contribution in [2.75, 3.05) is 0 Å². The van der Waals surface area contributed by atoms with Crippen molar-refractivity contribution in [2.24, 2.45) is 7.05 Å². The molecule has 5 nitrogen and oxygen atoms in total. The summed E-state index contributed by atoms with van der Waals surface area (Å²) in [5, 5.41) is 13.5. The zero-order chi connectivity index (χ0) is 19.1. The van der Waals surface area contributed by atoms with Gasteiger partial charge in [0.15, 0.2) is 0 Å². The minimum Gasteiger partial charge on any atom is -0.306 e. The molecule has 1 aromatic carbocycles. The summed E-state index contributed by atoms with van der Waals surface area (Å²) in [6.07, 6.45) is 5.36. The minimum atomic E-state index is 0.296. The lowest BCUT2D eigenvalue weighted by Gasteiger charge is -2.24. The van der Waals surface area contributed by atoms with Crippen LogP contribution < -0.4 is 5.32 Å². The van der Waals surface area contributed by atoms with E-state index in [1.165, 1.54) is 22.4 Å². The van der Waals surface area contributed by atoms with E-state index < -0.39 is 0 Å². The maximum absolute atomic E-state index is 6.39. The summed E-state index contributed by atoms with van der Waals surface area (Å²) in [5.41, 5.74) is 8.43. The first-order valence-electron chi connectivity index (χ1n) is 9.51. The third kappa shape index (κ3) is 3.30. The third-order valence-electron chi connectivity index (χ3n) is 5.71. The molecule has 142 valence electrons. The quantitative estimate of drug-likeness (QED) is 0.728. The van der Waals surface area contributed by atoms with Crippen molar-refractivity contribution in [3.05, 3.63) is 63.2 Å². The Hall–Kier alpha value is -2.11. The average molecular weight is 384 g/mol. The number of nitrogens with one attached hydrogen (secondary N) is 1. The van der Waals surface area contributed by atoms with E-state index in [1.54, 1.807) is 4.68 Å². The molecular formula is C21H26ClN5. The minimum absolute atomic E-state index is 0.296. The molecule has 0 saturated carbocycles. The zero-order valence-electron chi connectivity index (χ0n) is 16.4. The fourth-order valence-electron chi connectivity index (χ4n) is 3.95. The number of aromatic nitrogens is 4. The van der Waals surface area contributed by atoms with Crippen LogP contribution in [0.5, 0.6) is 0 Å². The largest absolute Gasteiger partial charge is 0.306 e. The zero-order valence-corrected chi connectivity index (χ0v) is 17.1. The molecule has 1 N–H and O–H groups in total. The Morgan fingerprint density at radius 1 is 1.22 bits per heavy atom. The Labute approximate surface area is 165 Å². The van der Waals surface area contributed by atoms with Crippen LogP contribution in [0.4, 0.5) is 0 Å². The van der Waals surface area contributed by atoms with Gasteiger partial charge in [0.25, 0.3) is 0 Å². The Morgan fingerprint density at radius 2 is 2.04 bits per heavy atom. The van der Waals surface area contributed by atoms with E-state index in [1.807, 2.05) is 20.2 Å². The maximum Gasteiger partial charge on any atom is 0.131 e. The normalized spacial score (nSPS) is 16.6. The summed E-state index contributed by atoms with van der Waals surface area (Å²) in [7, 11) is 1.88. The van der Waals surface area contributed by atoms with Gasteiger partial charge in [0.05, 0.1) is 17.6 Å². The number of benzene rings is 1. The van der Waals surface area contributed by atoms with Crippen molar-refractivity contribution in [3.63, 3.8) is 0 Å². The molecule has 0 amide bonds. The van der Waals surface area contributed by atoms with Crippen molar-refractivity contribution in [3.8, 4) is 5.69 Å². The van der Waals surface area contributed by atoms with Crippen molar-refractivity contribution in [1.82, 2.24) is 24.9 Å². The number of aryl methyl sites for hydroxylation is 4. The van der Waals surface area contributed by atoms with Crippen LogP contribution >= 0.6 is 11.6 Å². The van der Waals surface area contributed by atoms with Crippen LogP contribution in [0.1, 0.15) is 52.5 Å². The monoisotopic (exact) mass is 383 g/mol. The number of fused-ring (bicyclic) bond motifs is 1. The Morgan fingerprint density at radius 3 is 2.74 bits per heavy atom. The van der Waals surface area contributed by atoms with Crippen molar-refractivity contribution in [1.29, 1.82) is 0 Å². The second-order valence-corrected chi connectivity index (χ2v) is 7.89. The van der Waals surface area contributed by atoms with Gasteiger partial charge >= 0.3 is 0 Å². The number of nitrogens with zero attached hydrogens (tertiary/aromatic N) is 4. The lowest BCUT2D eigenvalue weighted by atomic mass is 9.92. The topological polar surface area (TPSA) is 47.7 Å². The fraction of sp³-hybridized carbons (Fsp3) is 0.429. The molecule has 2 heterocycles. The van der Waals surface area contributed by atoms with Crippen LogP contribution in [0.2, 0.25) is 5.15 Å². The molecule has 1 aliphatic carbocycles. The van der Waals surface area contributed by atoms with Gasteiger partial charge in [0.1, 0.15) is 5.15 Å². The first-order chi connectivity index (χ1) is 13.0. The number of halogens is 1. The van der Waals surface area contributed by atoms with Gasteiger partial charge in [-0.25, -0.2) is 4.68 Å². The van der Waals surface area contributed by atoms with Crippen molar-refractivity contribution >= 4 is 11.6 Å². The molecule has 0 spiro atoms. The summed E-state index contributed by atoms with van der Waals surface area (Å²) in [5.74, 6) is 0. The summed E-state index contributed by atoms with van der Waals surface area (Å²) in [6.45, 7) is 7.02. The highest BCUT2D eigenvalue weighted by Gasteiger charge is 2.25. The molecule has 2 aromatic heterocycles. The highest BCUT2D eigenvalue weighted by molar-refractivity contribution is 6.30. The molecule has 4 rings (SSSR count). The second kappa shape index (κ2) is 7.13. The predicted octanol–water partition coefficient (Wildman–Crippen LogP) is 4.35. The van der Waals surface area contributed by atoms with E-state index in [2.05, 4.69) is 47.1 Å². The molecule has 6 heteroatoms. The molecule has 0 saturated heterocycles. The molecule has 0 fully saturated rings. The molecule has 0 aliphatic heterocycles. The highest BCUT2D eigenvalue weighted by atomic mass is 35.5. The van der Waals surface area contributed by atoms with E-state index in [-0.39, 0.29) is 0 Å². The SMILES string of the molecule is Cc1ccc(-n2ncc3c2CCC[C@H]3NCc2c(C)nn(C)c2Cl)cc1C. The van der Waals surface area contributed by atoms with E-state index in [4.69, 9.17) is 16.7 Å². The third-order valence-corrected chi connectivity index (χ3v) is 6.19. The van der Waals surface area contributed by atoms with Crippen LogP contribution in [0.25, 0.3) is 5.69 Å². The van der Waals surface area contributed by atoms with Gasteiger partial charge < -0.3 is 5.32 Å². The Kier molecular flexibility index (Phi) is 4.82. The summed E-state index contributed by atoms with van der Waals surface area (Å²) < 4.78 is 3.84. The lowest BCUT2D eigenvalue weighted by molar-refractivity contribution is 0.454. The van der Waals surface area contributed by atoms with Gasteiger partial charge in [0, 0.05) is 36.5 Å². The summed E-state index contributed by atoms with van der Waals surface area (Å²) in [4.78, 5) is 0. The van der Waals surface area contributed by atoms with E-state index in [0.717, 1.165) is 42.8 Å². The van der Waals surface area contributed by atoms with Crippen molar-refractivity contribution < 1.29 is 0 Å². The van der Waals surface area contributed by atoms with E-state index in [0.29, 0.717) is 11.2 Å². The van der Waals surface area contributed by atoms with Crippen LogP contribution in [-0.2, 0) is 20.0 Å². The van der Waals surface area contributed by atoms with Gasteiger partial charge in [-0.1, -0.05) is 17.7 Å². The molecule has 0 radical (unpaired) electrons. The highest BCUT2D eigenvalue weighted by Crippen LogP contribution is 2.32. The van der Waals surface area contributed by atoms with Gasteiger partial charge in [0.2, 0.25) is 0 Å². The Balaban J connectivity index is 1.59. The molecule has 1 atom stereocenters. The standard InChI is InChI=1S/C21H26ClN5/c1-13-8-9-16(10-14(13)2)27-20-7-5-6-19(18(20)12-24-27)23-11-17-15(3)25-26(4)21(17)22/h8-10,12,19,23H,5-7,11H2,1-4H3/t19-/m1/s1. The summed E-state index contributed by atoms with van der Waals surface area (Å²) >= 11 is 6.39. The van der Waals surface area contributed by atoms with Crippen LogP contribution in [-0.4, -0.2) is 19.6 Å². The molecule has 0 bridgehead atoms.